The van der Waals surface area contributed by atoms with E-state index in [0.29, 0.717) is 25.2 Å². The minimum absolute atomic E-state index is 0. The standard InChI is InChI=1S/C21H36N4O3S.HI/c1-4-22-21(23-12-15-28-16-17-29(3,26)27)24-20-10-13-25(14-11-20)18(2)19-8-6-5-7-9-19;/h5-9,18,20H,4,10-17H2,1-3H3,(H2,22,23,24);1H. The number of benzene rings is 1. The van der Waals surface area contributed by atoms with Crippen LogP contribution in [0.2, 0.25) is 0 Å². The third-order valence-electron chi connectivity index (χ3n) is 5.15. The summed E-state index contributed by atoms with van der Waals surface area (Å²) in [6, 6.07) is 11.5. The number of guanidine groups is 1. The third-order valence-corrected chi connectivity index (χ3v) is 6.06. The molecule has 1 aliphatic heterocycles. The molecule has 0 spiro atoms. The molecule has 30 heavy (non-hydrogen) atoms. The maximum Gasteiger partial charge on any atom is 0.191 e. The van der Waals surface area contributed by atoms with Crippen LogP contribution in [0, 0.1) is 0 Å². The molecule has 1 unspecified atom stereocenters. The number of nitrogens with zero attached hydrogens (tertiary/aromatic N) is 2. The fourth-order valence-corrected chi connectivity index (χ4v) is 3.84. The Labute approximate surface area is 199 Å². The van der Waals surface area contributed by atoms with Crippen molar-refractivity contribution in [1.29, 1.82) is 0 Å². The second kappa shape index (κ2) is 14.2. The Balaban J connectivity index is 0.00000450. The van der Waals surface area contributed by atoms with Crippen LogP contribution < -0.4 is 10.6 Å². The van der Waals surface area contributed by atoms with Crippen LogP contribution in [-0.2, 0) is 14.6 Å². The maximum absolute atomic E-state index is 11.1. The summed E-state index contributed by atoms with van der Waals surface area (Å²) in [5.41, 5.74) is 1.37. The number of hydrogen-bond acceptors (Lipinski definition) is 5. The Morgan fingerprint density at radius 2 is 1.90 bits per heavy atom. The number of halogens is 1. The Kier molecular flexibility index (Phi) is 12.8. The van der Waals surface area contributed by atoms with Gasteiger partial charge in [-0.2, -0.15) is 0 Å². The number of sulfone groups is 1. The van der Waals surface area contributed by atoms with E-state index in [9.17, 15) is 8.42 Å². The molecular weight excluding hydrogens is 515 g/mol. The molecule has 1 aliphatic rings. The summed E-state index contributed by atoms with van der Waals surface area (Å²) in [7, 11) is -2.97. The molecule has 2 N–H and O–H groups in total. The highest BCUT2D eigenvalue weighted by atomic mass is 127. The lowest BCUT2D eigenvalue weighted by Crippen LogP contribution is -2.49. The van der Waals surface area contributed by atoms with Gasteiger partial charge in [0.05, 0.1) is 25.5 Å². The number of piperidine rings is 1. The topological polar surface area (TPSA) is 83.0 Å². The molecule has 7 nitrogen and oxygen atoms in total. The molecule has 172 valence electrons. The summed E-state index contributed by atoms with van der Waals surface area (Å²) in [5.74, 6) is 0.850. The van der Waals surface area contributed by atoms with Gasteiger partial charge in [0.1, 0.15) is 9.84 Å². The number of hydrogen-bond donors (Lipinski definition) is 2. The SMILES string of the molecule is CCNC(=NCCOCCS(C)(=O)=O)NC1CCN(C(C)c2ccccc2)CC1.I. The third kappa shape index (κ3) is 10.4. The average molecular weight is 553 g/mol. The average Bonchev–Trinajstić information content (AvgIpc) is 2.70. The molecule has 1 heterocycles. The zero-order chi connectivity index (χ0) is 21.1. The molecule has 9 heteroatoms. The number of nitrogens with one attached hydrogen (secondary N) is 2. The van der Waals surface area contributed by atoms with E-state index in [1.165, 1.54) is 11.8 Å². The van der Waals surface area contributed by atoms with E-state index in [-0.39, 0.29) is 36.3 Å². The Morgan fingerprint density at radius 3 is 2.50 bits per heavy atom. The van der Waals surface area contributed by atoms with Gasteiger partial charge in [0.2, 0.25) is 0 Å². The Morgan fingerprint density at radius 1 is 1.23 bits per heavy atom. The van der Waals surface area contributed by atoms with Crippen molar-refractivity contribution in [3.63, 3.8) is 0 Å². The largest absolute Gasteiger partial charge is 0.378 e. The molecule has 0 aromatic heterocycles. The summed E-state index contributed by atoms with van der Waals surface area (Å²) >= 11 is 0. The van der Waals surface area contributed by atoms with Crippen molar-refractivity contribution in [1.82, 2.24) is 15.5 Å². The molecule has 0 saturated carbocycles. The van der Waals surface area contributed by atoms with Crippen molar-refractivity contribution in [2.24, 2.45) is 4.99 Å². The molecule has 1 saturated heterocycles. The molecule has 1 atom stereocenters. The van der Waals surface area contributed by atoms with Gasteiger partial charge < -0.3 is 15.4 Å². The van der Waals surface area contributed by atoms with Gasteiger partial charge in [0.15, 0.2) is 5.96 Å². The van der Waals surface area contributed by atoms with Crippen molar-refractivity contribution < 1.29 is 13.2 Å². The summed E-state index contributed by atoms with van der Waals surface area (Å²) in [6.07, 6.45) is 3.37. The lowest BCUT2D eigenvalue weighted by Gasteiger charge is -2.37. The fourth-order valence-electron chi connectivity index (χ4n) is 3.42. The molecule has 0 bridgehead atoms. The van der Waals surface area contributed by atoms with Crippen LogP contribution in [0.1, 0.15) is 38.3 Å². The van der Waals surface area contributed by atoms with Crippen molar-refractivity contribution >= 4 is 39.8 Å². The first kappa shape index (κ1) is 27.1. The fraction of sp³-hybridized carbons (Fsp3) is 0.667. The van der Waals surface area contributed by atoms with Crippen LogP contribution in [0.5, 0.6) is 0 Å². The van der Waals surface area contributed by atoms with Gasteiger partial charge >= 0.3 is 0 Å². The van der Waals surface area contributed by atoms with E-state index >= 15 is 0 Å². The second-order valence-corrected chi connectivity index (χ2v) is 9.80. The molecule has 1 aromatic carbocycles. The zero-order valence-corrected chi connectivity index (χ0v) is 21.5. The second-order valence-electron chi connectivity index (χ2n) is 7.54. The van der Waals surface area contributed by atoms with Crippen LogP contribution in [0.4, 0.5) is 0 Å². The monoisotopic (exact) mass is 552 g/mol. The van der Waals surface area contributed by atoms with Gasteiger partial charge in [-0.15, -0.1) is 24.0 Å². The highest BCUT2D eigenvalue weighted by molar-refractivity contribution is 14.0. The molecule has 0 radical (unpaired) electrons. The van der Waals surface area contributed by atoms with Gasteiger partial charge in [-0.3, -0.25) is 9.89 Å². The van der Waals surface area contributed by atoms with Crippen molar-refractivity contribution in [2.45, 2.75) is 38.8 Å². The van der Waals surface area contributed by atoms with Crippen LogP contribution in [-0.4, -0.2) is 76.7 Å². The van der Waals surface area contributed by atoms with Crippen molar-refractivity contribution in [2.75, 3.05) is 51.4 Å². The summed E-state index contributed by atoms with van der Waals surface area (Å²) < 4.78 is 27.5. The van der Waals surface area contributed by atoms with Gasteiger partial charge in [-0.05, 0) is 32.3 Å². The Hall–Kier alpha value is -0.910. The van der Waals surface area contributed by atoms with Gasteiger partial charge in [-0.25, -0.2) is 8.42 Å². The number of likely N-dealkylation sites (tertiary alicyclic amines) is 1. The number of rotatable bonds is 10. The van der Waals surface area contributed by atoms with E-state index in [1.54, 1.807) is 0 Å². The molecule has 2 rings (SSSR count). The van der Waals surface area contributed by atoms with Crippen LogP contribution in [0.3, 0.4) is 0 Å². The lowest BCUT2D eigenvalue weighted by atomic mass is 10.0. The first-order valence-corrected chi connectivity index (χ1v) is 12.5. The smallest absolute Gasteiger partial charge is 0.191 e. The van der Waals surface area contributed by atoms with E-state index in [0.717, 1.165) is 38.4 Å². The highest BCUT2D eigenvalue weighted by Crippen LogP contribution is 2.23. The van der Waals surface area contributed by atoms with Gasteiger partial charge in [0, 0.05) is 38.0 Å². The maximum atomic E-state index is 11.1. The highest BCUT2D eigenvalue weighted by Gasteiger charge is 2.23. The molecule has 1 fully saturated rings. The minimum atomic E-state index is -2.97. The van der Waals surface area contributed by atoms with Gasteiger partial charge in [-0.1, -0.05) is 30.3 Å². The minimum Gasteiger partial charge on any atom is -0.378 e. The van der Waals surface area contributed by atoms with E-state index in [1.807, 2.05) is 6.92 Å². The zero-order valence-electron chi connectivity index (χ0n) is 18.3. The number of aliphatic imine (C=N–C) groups is 1. The summed E-state index contributed by atoms with van der Waals surface area (Å²) in [4.78, 5) is 7.08. The first-order chi connectivity index (χ1) is 13.9. The van der Waals surface area contributed by atoms with Crippen LogP contribution >= 0.6 is 24.0 Å². The van der Waals surface area contributed by atoms with Gasteiger partial charge in [0.25, 0.3) is 0 Å². The predicted octanol–water partition coefficient (Wildman–Crippen LogP) is 2.45. The van der Waals surface area contributed by atoms with E-state index < -0.39 is 9.84 Å². The quantitative estimate of drug-likeness (QED) is 0.201. The van der Waals surface area contributed by atoms with E-state index in [4.69, 9.17) is 4.74 Å². The molecular formula is C21H37IN4O3S. The Bertz CT molecular complexity index is 723. The van der Waals surface area contributed by atoms with E-state index in [2.05, 4.69) is 57.8 Å². The molecule has 0 aliphatic carbocycles. The lowest BCUT2D eigenvalue weighted by molar-refractivity contribution is 0.155. The molecule has 0 amide bonds. The van der Waals surface area contributed by atoms with Crippen molar-refractivity contribution in [3.8, 4) is 0 Å². The number of ether oxygens (including phenoxy) is 1. The van der Waals surface area contributed by atoms with Crippen LogP contribution in [0.25, 0.3) is 0 Å². The van der Waals surface area contributed by atoms with Crippen molar-refractivity contribution in [3.05, 3.63) is 35.9 Å². The normalized spacial score (nSPS) is 17.2. The van der Waals surface area contributed by atoms with Crippen LogP contribution in [0.15, 0.2) is 35.3 Å². The first-order valence-electron chi connectivity index (χ1n) is 10.5. The summed E-state index contributed by atoms with van der Waals surface area (Å²) in [5, 5.41) is 6.81. The summed E-state index contributed by atoms with van der Waals surface area (Å²) in [6.45, 7) is 8.37. The molecule has 1 aromatic rings. The predicted molar refractivity (Wildman–Crippen MR) is 135 cm³/mol.